The average molecular weight is 415 g/mol. The molecule has 2 aromatic carbocycles. The smallest absolute Gasteiger partial charge is 0.271 e. The minimum Gasteiger partial charge on any atom is -0.468 e. The van der Waals surface area contributed by atoms with Crippen molar-refractivity contribution in [1.82, 2.24) is 4.31 Å². The molecule has 29 heavy (non-hydrogen) atoms. The summed E-state index contributed by atoms with van der Waals surface area (Å²) in [6.45, 7) is 0.0738. The first-order valence-corrected chi connectivity index (χ1v) is 9.86. The summed E-state index contributed by atoms with van der Waals surface area (Å²) in [5, 5.41) is 13.4. The van der Waals surface area contributed by atoms with Gasteiger partial charge in [0.1, 0.15) is 5.76 Å². The number of nitrogens with one attached hydrogen (secondary N) is 1. The number of carbonyl (C=O) groups excluding carboxylic acids is 1. The van der Waals surface area contributed by atoms with E-state index in [4.69, 9.17) is 4.42 Å². The lowest BCUT2D eigenvalue weighted by Gasteiger charge is -2.16. The zero-order valence-electron chi connectivity index (χ0n) is 15.3. The average Bonchev–Trinajstić information content (AvgIpc) is 3.21. The van der Waals surface area contributed by atoms with E-state index in [1.807, 2.05) is 0 Å². The van der Waals surface area contributed by atoms with Crippen LogP contribution in [0.1, 0.15) is 16.1 Å². The summed E-state index contributed by atoms with van der Waals surface area (Å²) < 4.78 is 31.6. The van der Waals surface area contributed by atoms with Crippen LogP contribution < -0.4 is 5.32 Å². The van der Waals surface area contributed by atoms with Gasteiger partial charge in [0.05, 0.1) is 22.6 Å². The van der Waals surface area contributed by atoms with Gasteiger partial charge in [0.25, 0.3) is 11.6 Å². The molecule has 150 valence electrons. The van der Waals surface area contributed by atoms with Crippen LogP contribution in [0.5, 0.6) is 0 Å². The molecule has 0 saturated carbocycles. The predicted molar refractivity (Wildman–Crippen MR) is 105 cm³/mol. The number of rotatable bonds is 7. The highest BCUT2D eigenvalue weighted by atomic mass is 32.2. The summed E-state index contributed by atoms with van der Waals surface area (Å²) in [6, 6.07) is 14.3. The van der Waals surface area contributed by atoms with Crippen molar-refractivity contribution in [3.05, 3.63) is 88.4 Å². The number of carbonyl (C=O) groups is 1. The van der Waals surface area contributed by atoms with Crippen molar-refractivity contribution < 1.29 is 22.6 Å². The van der Waals surface area contributed by atoms with E-state index in [9.17, 15) is 23.3 Å². The molecule has 1 amide bonds. The Hall–Kier alpha value is -3.50. The Kier molecular flexibility index (Phi) is 5.76. The zero-order valence-corrected chi connectivity index (χ0v) is 16.1. The molecular formula is C19H17N3O6S. The summed E-state index contributed by atoms with van der Waals surface area (Å²) in [5.41, 5.74) is 0.326. The van der Waals surface area contributed by atoms with Crippen LogP contribution in [0.15, 0.2) is 76.2 Å². The summed E-state index contributed by atoms with van der Waals surface area (Å²) in [4.78, 5) is 22.6. The van der Waals surface area contributed by atoms with Gasteiger partial charge in [0.15, 0.2) is 0 Å². The van der Waals surface area contributed by atoms with Crippen LogP contribution in [0.2, 0.25) is 0 Å². The number of furan rings is 1. The van der Waals surface area contributed by atoms with E-state index in [0.29, 0.717) is 5.76 Å². The largest absolute Gasteiger partial charge is 0.468 e. The molecule has 10 heteroatoms. The van der Waals surface area contributed by atoms with Crippen molar-refractivity contribution in [1.29, 1.82) is 0 Å². The number of non-ortho nitro benzene ring substituents is 1. The Bertz CT molecular complexity index is 1130. The molecule has 0 aliphatic carbocycles. The molecule has 0 spiro atoms. The number of sulfonamides is 1. The molecule has 1 heterocycles. The number of anilines is 1. The van der Waals surface area contributed by atoms with Gasteiger partial charge in [-0.05, 0) is 42.5 Å². The highest BCUT2D eigenvalue weighted by Gasteiger charge is 2.22. The van der Waals surface area contributed by atoms with Gasteiger partial charge in [-0.2, -0.15) is 4.31 Å². The van der Waals surface area contributed by atoms with Crippen LogP contribution in [0.4, 0.5) is 11.4 Å². The number of amides is 1. The lowest BCUT2D eigenvalue weighted by molar-refractivity contribution is -0.384. The van der Waals surface area contributed by atoms with E-state index in [0.717, 1.165) is 4.31 Å². The van der Waals surface area contributed by atoms with E-state index in [-0.39, 0.29) is 28.4 Å². The Morgan fingerprint density at radius 1 is 1.14 bits per heavy atom. The van der Waals surface area contributed by atoms with Crippen molar-refractivity contribution in [2.75, 3.05) is 12.4 Å². The first-order valence-electron chi connectivity index (χ1n) is 8.42. The highest BCUT2D eigenvalue weighted by molar-refractivity contribution is 7.89. The lowest BCUT2D eigenvalue weighted by Crippen LogP contribution is -2.26. The second-order valence-corrected chi connectivity index (χ2v) is 8.17. The third kappa shape index (κ3) is 4.68. The molecule has 3 aromatic rings. The van der Waals surface area contributed by atoms with Crippen molar-refractivity contribution in [3.63, 3.8) is 0 Å². The van der Waals surface area contributed by atoms with E-state index in [2.05, 4.69) is 5.32 Å². The highest BCUT2D eigenvalue weighted by Crippen LogP contribution is 2.20. The van der Waals surface area contributed by atoms with E-state index in [1.54, 1.807) is 12.1 Å². The van der Waals surface area contributed by atoms with Gasteiger partial charge in [0, 0.05) is 30.4 Å². The fraction of sp³-hybridized carbons (Fsp3) is 0.105. The second-order valence-electron chi connectivity index (χ2n) is 6.13. The number of hydrogen-bond acceptors (Lipinski definition) is 6. The first kappa shape index (κ1) is 20.2. The van der Waals surface area contributed by atoms with Gasteiger partial charge in [0.2, 0.25) is 10.0 Å². The van der Waals surface area contributed by atoms with Crippen molar-refractivity contribution in [2.24, 2.45) is 0 Å². The van der Waals surface area contributed by atoms with Gasteiger partial charge in [-0.1, -0.05) is 6.07 Å². The van der Waals surface area contributed by atoms with E-state index >= 15 is 0 Å². The van der Waals surface area contributed by atoms with Gasteiger partial charge in [-0.3, -0.25) is 14.9 Å². The van der Waals surface area contributed by atoms with Gasteiger partial charge < -0.3 is 9.73 Å². The molecule has 3 rings (SSSR count). The quantitative estimate of drug-likeness (QED) is 0.467. The lowest BCUT2D eigenvalue weighted by atomic mass is 10.2. The third-order valence-corrected chi connectivity index (χ3v) is 5.92. The summed E-state index contributed by atoms with van der Waals surface area (Å²) in [5.74, 6) is -0.0117. The number of nitrogens with zero attached hydrogens (tertiary/aromatic N) is 2. The molecule has 0 fully saturated rings. The standard InChI is InChI=1S/C19H17N3O6S/c1-21(13-17-6-3-11-28-17)29(26,27)18-9-7-14(8-10-18)19(23)20-15-4-2-5-16(12-15)22(24)25/h2-12H,13H2,1H3,(H,20,23). The number of hydrogen-bond donors (Lipinski definition) is 1. The molecule has 0 bridgehead atoms. The summed E-state index contributed by atoms with van der Waals surface area (Å²) in [6.07, 6.45) is 1.46. The molecule has 9 nitrogen and oxygen atoms in total. The van der Waals surface area contributed by atoms with Crippen LogP contribution in [-0.2, 0) is 16.6 Å². The van der Waals surface area contributed by atoms with Crippen molar-refractivity contribution >= 4 is 27.3 Å². The molecular weight excluding hydrogens is 398 g/mol. The van der Waals surface area contributed by atoms with Crippen molar-refractivity contribution in [2.45, 2.75) is 11.4 Å². The Balaban J connectivity index is 1.73. The normalized spacial score (nSPS) is 11.4. The Morgan fingerprint density at radius 2 is 1.86 bits per heavy atom. The predicted octanol–water partition coefficient (Wildman–Crippen LogP) is 3.26. The number of nitro benzene ring substituents is 1. The van der Waals surface area contributed by atoms with Crippen LogP contribution in [0, 0.1) is 10.1 Å². The van der Waals surface area contributed by atoms with Crippen molar-refractivity contribution in [3.8, 4) is 0 Å². The number of nitro groups is 1. The maximum Gasteiger partial charge on any atom is 0.271 e. The SMILES string of the molecule is CN(Cc1ccco1)S(=O)(=O)c1ccc(C(=O)Nc2cccc([N+](=O)[O-])c2)cc1. The first-order chi connectivity index (χ1) is 13.8. The van der Waals surface area contributed by atoms with E-state index < -0.39 is 20.9 Å². The van der Waals surface area contributed by atoms with Crippen LogP contribution >= 0.6 is 0 Å². The maximum absolute atomic E-state index is 12.7. The fourth-order valence-corrected chi connectivity index (χ4v) is 3.70. The molecule has 0 unspecified atom stereocenters. The van der Waals surface area contributed by atoms with Crippen LogP contribution in [-0.4, -0.2) is 30.6 Å². The molecule has 0 saturated heterocycles. The monoisotopic (exact) mass is 415 g/mol. The molecule has 0 radical (unpaired) electrons. The summed E-state index contributed by atoms with van der Waals surface area (Å²) in [7, 11) is -2.33. The van der Waals surface area contributed by atoms with Crippen LogP contribution in [0.25, 0.3) is 0 Å². The molecule has 0 aliphatic heterocycles. The van der Waals surface area contributed by atoms with Gasteiger partial charge in [-0.15, -0.1) is 0 Å². The summed E-state index contributed by atoms with van der Waals surface area (Å²) >= 11 is 0. The molecule has 0 atom stereocenters. The van der Waals surface area contributed by atoms with E-state index in [1.165, 1.54) is 61.8 Å². The van der Waals surface area contributed by atoms with Gasteiger partial charge in [-0.25, -0.2) is 8.42 Å². The Morgan fingerprint density at radius 3 is 2.48 bits per heavy atom. The number of benzene rings is 2. The van der Waals surface area contributed by atoms with Gasteiger partial charge >= 0.3 is 0 Å². The third-order valence-electron chi connectivity index (χ3n) is 4.10. The minimum atomic E-state index is -3.76. The second kappa shape index (κ2) is 8.25. The fourth-order valence-electron chi connectivity index (χ4n) is 2.57. The van der Waals surface area contributed by atoms with Crippen LogP contribution in [0.3, 0.4) is 0 Å². The molecule has 0 aliphatic rings. The maximum atomic E-state index is 12.7. The topological polar surface area (TPSA) is 123 Å². The molecule has 1 aromatic heterocycles. The molecule has 1 N–H and O–H groups in total. The Labute approximate surface area is 166 Å². The zero-order chi connectivity index (χ0) is 21.0. The minimum absolute atomic E-state index is 0.0263.